The van der Waals surface area contributed by atoms with E-state index in [0.717, 1.165) is 49.5 Å². The normalized spacial score (nSPS) is 14.1. The topological polar surface area (TPSA) is 50.8 Å². The Kier molecular flexibility index (Phi) is 5.19. The first kappa shape index (κ1) is 17.7. The van der Waals surface area contributed by atoms with Crippen molar-refractivity contribution in [1.82, 2.24) is 10.2 Å². The van der Waals surface area contributed by atoms with Crippen molar-refractivity contribution >= 4 is 6.03 Å². The van der Waals surface area contributed by atoms with Gasteiger partial charge in [0.1, 0.15) is 11.5 Å². The fourth-order valence-electron chi connectivity index (χ4n) is 3.89. The van der Waals surface area contributed by atoms with Gasteiger partial charge in [0.15, 0.2) is 0 Å². The van der Waals surface area contributed by atoms with Gasteiger partial charge in [0, 0.05) is 49.2 Å². The molecule has 5 heteroatoms. The lowest BCUT2D eigenvalue weighted by Gasteiger charge is -2.22. The second-order valence-electron chi connectivity index (χ2n) is 7.00. The molecular weight excluding hydrogens is 340 g/mol. The maximum absolute atomic E-state index is 12.6. The molecule has 0 atom stereocenters. The van der Waals surface area contributed by atoms with E-state index in [1.807, 2.05) is 42.2 Å². The molecule has 2 amide bonds. The van der Waals surface area contributed by atoms with E-state index in [1.165, 1.54) is 16.7 Å². The van der Waals surface area contributed by atoms with E-state index >= 15 is 0 Å². The molecule has 1 N–H and O–H groups in total. The minimum atomic E-state index is -0.0252. The molecule has 0 aromatic heterocycles. The van der Waals surface area contributed by atoms with E-state index in [9.17, 15) is 4.79 Å². The molecule has 0 saturated carbocycles. The van der Waals surface area contributed by atoms with Crippen LogP contribution in [0.15, 0.2) is 36.4 Å². The van der Waals surface area contributed by atoms with Crippen LogP contribution in [0.4, 0.5) is 4.79 Å². The van der Waals surface area contributed by atoms with Gasteiger partial charge in [-0.1, -0.05) is 30.3 Å². The standard InChI is InChI=1S/C22H26N2O3/c1-2-24(15-16-6-4-3-5-7-16)22(25)23-11-8-19-18-10-13-26-20(18)14-17-9-12-27-21(17)19/h3-7,14H,2,8-13,15H2,1H3,(H,23,25). The van der Waals surface area contributed by atoms with Crippen molar-refractivity contribution in [2.24, 2.45) is 0 Å². The number of rotatable bonds is 6. The Morgan fingerprint density at radius 2 is 1.96 bits per heavy atom. The molecule has 0 saturated heterocycles. The molecule has 4 rings (SSSR count). The average molecular weight is 366 g/mol. The summed E-state index contributed by atoms with van der Waals surface area (Å²) in [4.78, 5) is 14.4. The van der Waals surface area contributed by atoms with Crippen molar-refractivity contribution in [3.8, 4) is 11.5 Å². The maximum atomic E-state index is 12.6. The molecule has 0 unspecified atom stereocenters. The van der Waals surface area contributed by atoms with Crippen LogP contribution in [0.5, 0.6) is 11.5 Å². The Labute approximate surface area is 160 Å². The predicted molar refractivity (Wildman–Crippen MR) is 104 cm³/mol. The highest BCUT2D eigenvalue weighted by atomic mass is 16.5. The largest absolute Gasteiger partial charge is 0.493 e. The number of urea groups is 1. The summed E-state index contributed by atoms with van der Waals surface area (Å²) in [6, 6.07) is 12.2. The molecule has 0 fully saturated rings. The van der Waals surface area contributed by atoms with Crippen LogP contribution in [0.1, 0.15) is 29.2 Å². The van der Waals surface area contributed by atoms with Crippen LogP contribution in [0.2, 0.25) is 0 Å². The monoisotopic (exact) mass is 366 g/mol. The molecule has 0 aliphatic carbocycles. The Balaban J connectivity index is 1.39. The molecule has 0 bridgehead atoms. The number of hydrogen-bond acceptors (Lipinski definition) is 3. The lowest BCUT2D eigenvalue weighted by molar-refractivity contribution is 0.198. The van der Waals surface area contributed by atoms with Gasteiger partial charge in [-0.05, 0) is 25.0 Å². The Morgan fingerprint density at radius 3 is 2.78 bits per heavy atom. The molecular formula is C22H26N2O3. The second kappa shape index (κ2) is 7.91. The third-order valence-corrected chi connectivity index (χ3v) is 5.30. The van der Waals surface area contributed by atoms with Gasteiger partial charge in [0.2, 0.25) is 0 Å². The van der Waals surface area contributed by atoms with E-state index in [2.05, 4.69) is 11.4 Å². The smallest absolute Gasteiger partial charge is 0.317 e. The summed E-state index contributed by atoms with van der Waals surface area (Å²) in [6.45, 7) is 5.36. The Bertz CT molecular complexity index is 788. The highest BCUT2D eigenvalue weighted by Gasteiger charge is 2.26. The zero-order valence-corrected chi connectivity index (χ0v) is 15.8. The summed E-state index contributed by atoms with van der Waals surface area (Å²) in [5.74, 6) is 2.02. The van der Waals surface area contributed by atoms with Gasteiger partial charge in [-0.25, -0.2) is 4.79 Å². The molecule has 27 heavy (non-hydrogen) atoms. The van der Waals surface area contributed by atoms with Gasteiger partial charge in [0.05, 0.1) is 13.2 Å². The first-order valence-electron chi connectivity index (χ1n) is 9.76. The number of benzene rings is 2. The fraction of sp³-hybridized carbons (Fsp3) is 0.409. The first-order chi connectivity index (χ1) is 13.3. The SMILES string of the molecule is CCN(Cc1ccccc1)C(=O)NCCc1c2c(cc3c1OCC3)OCC2. The maximum Gasteiger partial charge on any atom is 0.317 e. The number of hydrogen-bond donors (Lipinski definition) is 1. The number of carbonyl (C=O) groups excluding carboxylic acids is 1. The van der Waals surface area contributed by atoms with Crippen LogP contribution in [0, 0.1) is 0 Å². The van der Waals surface area contributed by atoms with Crippen molar-refractivity contribution < 1.29 is 14.3 Å². The quantitative estimate of drug-likeness (QED) is 0.853. The summed E-state index contributed by atoms with van der Waals surface area (Å²) in [7, 11) is 0. The lowest BCUT2D eigenvalue weighted by atomic mass is 9.97. The van der Waals surface area contributed by atoms with Gasteiger partial charge in [-0.15, -0.1) is 0 Å². The minimum absolute atomic E-state index is 0.0252. The summed E-state index contributed by atoms with van der Waals surface area (Å²) in [5, 5.41) is 3.08. The highest BCUT2D eigenvalue weighted by molar-refractivity contribution is 5.74. The van der Waals surface area contributed by atoms with Gasteiger partial charge >= 0.3 is 6.03 Å². The van der Waals surface area contributed by atoms with Crippen molar-refractivity contribution in [2.45, 2.75) is 32.7 Å². The number of nitrogens with one attached hydrogen (secondary N) is 1. The predicted octanol–water partition coefficient (Wildman–Crippen LogP) is 3.33. The second-order valence-corrected chi connectivity index (χ2v) is 7.00. The van der Waals surface area contributed by atoms with Crippen LogP contribution in [-0.4, -0.2) is 37.2 Å². The van der Waals surface area contributed by atoms with Crippen LogP contribution in [0.3, 0.4) is 0 Å². The molecule has 2 heterocycles. The molecule has 2 aliphatic heterocycles. The van der Waals surface area contributed by atoms with Gasteiger partial charge in [-0.3, -0.25) is 0 Å². The summed E-state index contributed by atoms with van der Waals surface area (Å²) < 4.78 is 11.6. The van der Waals surface area contributed by atoms with Crippen molar-refractivity contribution in [2.75, 3.05) is 26.3 Å². The van der Waals surface area contributed by atoms with Crippen molar-refractivity contribution in [3.05, 3.63) is 58.7 Å². The summed E-state index contributed by atoms with van der Waals surface area (Å²) >= 11 is 0. The van der Waals surface area contributed by atoms with Gasteiger partial charge in [0.25, 0.3) is 0 Å². The average Bonchev–Trinajstić information content (AvgIpc) is 3.35. The summed E-state index contributed by atoms with van der Waals surface area (Å²) in [5.41, 5.74) is 4.83. The number of ether oxygens (including phenoxy) is 2. The lowest BCUT2D eigenvalue weighted by Crippen LogP contribution is -2.40. The van der Waals surface area contributed by atoms with E-state index in [0.29, 0.717) is 19.6 Å². The fourth-order valence-corrected chi connectivity index (χ4v) is 3.89. The Morgan fingerprint density at radius 1 is 1.15 bits per heavy atom. The number of carbonyl (C=O) groups is 1. The number of fused-ring (bicyclic) bond motifs is 2. The van der Waals surface area contributed by atoms with E-state index in [-0.39, 0.29) is 6.03 Å². The highest BCUT2D eigenvalue weighted by Crippen LogP contribution is 2.40. The first-order valence-corrected chi connectivity index (χ1v) is 9.76. The van der Waals surface area contributed by atoms with Crippen LogP contribution >= 0.6 is 0 Å². The molecule has 142 valence electrons. The molecule has 5 nitrogen and oxygen atoms in total. The number of nitrogens with zero attached hydrogens (tertiary/aromatic N) is 1. The van der Waals surface area contributed by atoms with Crippen LogP contribution < -0.4 is 14.8 Å². The van der Waals surface area contributed by atoms with E-state index < -0.39 is 0 Å². The summed E-state index contributed by atoms with van der Waals surface area (Å²) in [6.07, 6.45) is 2.62. The third kappa shape index (κ3) is 3.72. The van der Waals surface area contributed by atoms with Gasteiger partial charge < -0.3 is 19.7 Å². The number of amides is 2. The zero-order chi connectivity index (χ0) is 18.6. The van der Waals surface area contributed by atoms with Crippen LogP contribution in [0.25, 0.3) is 0 Å². The minimum Gasteiger partial charge on any atom is -0.493 e. The van der Waals surface area contributed by atoms with Gasteiger partial charge in [-0.2, -0.15) is 0 Å². The van der Waals surface area contributed by atoms with Crippen molar-refractivity contribution in [1.29, 1.82) is 0 Å². The molecule has 2 aromatic rings. The molecule has 0 spiro atoms. The molecule has 2 aromatic carbocycles. The van der Waals surface area contributed by atoms with E-state index in [1.54, 1.807) is 0 Å². The Hall–Kier alpha value is -2.69. The van der Waals surface area contributed by atoms with Crippen molar-refractivity contribution in [3.63, 3.8) is 0 Å². The third-order valence-electron chi connectivity index (χ3n) is 5.30. The molecule has 0 radical (unpaired) electrons. The van der Waals surface area contributed by atoms with E-state index in [4.69, 9.17) is 9.47 Å². The zero-order valence-electron chi connectivity index (χ0n) is 15.8. The molecule has 2 aliphatic rings. The van der Waals surface area contributed by atoms with Crippen LogP contribution in [-0.2, 0) is 25.8 Å².